The average molecular weight is 203 g/mol. The van der Waals surface area contributed by atoms with Crippen LogP contribution in [0.2, 0.25) is 0 Å². The fraction of sp³-hybridized carbons (Fsp3) is 0.417. The Labute approximate surface area is 91.1 Å². The first-order valence-corrected chi connectivity index (χ1v) is 5.27. The predicted octanol–water partition coefficient (Wildman–Crippen LogP) is 2.38. The van der Waals surface area contributed by atoms with Gasteiger partial charge in [0, 0.05) is 24.5 Å². The number of nitriles is 1. The van der Waals surface area contributed by atoms with Gasteiger partial charge in [-0.25, -0.2) is 0 Å². The second-order valence-electron chi connectivity index (χ2n) is 3.46. The van der Waals surface area contributed by atoms with Crippen molar-refractivity contribution in [2.24, 2.45) is 0 Å². The van der Waals surface area contributed by atoms with Gasteiger partial charge in [0.15, 0.2) is 0 Å². The Morgan fingerprint density at radius 2 is 2.13 bits per heavy atom. The van der Waals surface area contributed by atoms with Gasteiger partial charge < -0.3 is 10.6 Å². The Morgan fingerprint density at radius 1 is 1.40 bits per heavy atom. The maximum absolute atomic E-state index is 8.88. The number of nitrogens with two attached hydrogens (primary N) is 1. The SMILES string of the molecule is CCCN(CC)c1ccc(N)c(C#N)c1. The minimum Gasteiger partial charge on any atom is -0.398 e. The van der Waals surface area contributed by atoms with Crippen molar-refractivity contribution in [1.29, 1.82) is 5.26 Å². The van der Waals surface area contributed by atoms with Crippen LogP contribution in [0.1, 0.15) is 25.8 Å². The summed E-state index contributed by atoms with van der Waals surface area (Å²) in [4.78, 5) is 2.24. The zero-order chi connectivity index (χ0) is 11.3. The van der Waals surface area contributed by atoms with Gasteiger partial charge in [0.05, 0.1) is 5.56 Å². The van der Waals surface area contributed by atoms with Crippen LogP contribution >= 0.6 is 0 Å². The van der Waals surface area contributed by atoms with Gasteiger partial charge in [0.1, 0.15) is 6.07 Å². The third-order valence-corrected chi connectivity index (χ3v) is 2.40. The van der Waals surface area contributed by atoms with E-state index in [0.717, 1.165) is 25.2 Å². The number of nitrogen functional groups attached to an aromatic ring is 1. The summed E-state index contributed by atoms with van der Waals surface area (Å²) in [7, 11) is 0. The smallest absolute Gasteiger partial charge is 0.101 e. The van der Waals surface area contributed by atoms with Crippen molar-refractivity contribution >= 4 is 11.4 Å². The Morgan fingerprint density at radius 3 is 2.67 bits per heavy atom. The lowest BCUT2D eigenvalue weighted by atomic mass is 10.1. The van der Waals surface area contributed by atoms with E-state index in [1.165, 1.54) is 0 Å². The van der Waals surface area contributed by atoms with Crippen molar-refractivity contribution in [3.63, 3.8) is 0 Å². The van der Waals surface area contributed by atoms with Crippen molar-refractivity contribution in [2.75, 3.05) is 23.7 Å². The Kier molecular flexibility index (Phi) is 3.99. The van der Waals surface area contributed by atoms with Gasteiger partial charge in [-0.15, -0.1) is 0 Å². The molecule has 3 nitrogen and oxygen atoms in total. The molecule has 0 fully saturated rings. The van der Waals surface area contributed by atoms with Crippen LogP contribution in [0, 0.1) is 11.3 Å². The molecule has 0 heterocycles. The van der Waals surface area contributed by atoms with Gasteiger partial charge in [-0.05, 0) is 31.5 Å². The minimum absolute atomic E-state index is 0.550. The van der Waals surface area contributed by atoms with Crippen LogP contribution in [0.5, 0.6) is 0 Å². The van der Waals surface area contributed by atoms with E-state index >= 15 is 0 Å². The third kappa shape index (κ3) is 2.63. The first-order valence-electron chi connectivity index (χ1n) is 5.27. The summed E-state index contributed by atoms with van der Waals surface area (Å²) in [5.74, 6) is 0. The molecule has 0 aliphatic rings. The highest BCUT2D eigenvalue weighted by molar-refractivity contribution is 5.62. The number of rotatable bonds is 4. The molecule has 0 aromatic heterocycles. The molecule has 0 spiro atoms. The predicted molar refractivity (Wildman–Crippen MR) is 63.7 cm³/mol. The van der Waals surface area contributed by atoms with E-state index in [0.29, 0.717) is 11.3 Å². The number of anilines is 2. The summed E-state index contributed by atoms with van der Waals surface area (Å²) in [5.41, 5.74) is 7.86. The molecule has 0 saturated carbocycles. The molecular formula is C12H17N3. The van der Waals surface area contributed by atoms with E-state index in [4.69, 9.17) is 11.0 Å². The van der Waals surface area contributed by atoms with Crippen LogP contribution in [0.25, 0.3) is 0 Å². The molecule has 80 valence electrons. The molecule has 0 radical (unpaired) electrons. The van der Waals surface area contributed by atoms with Crippen molar-refractivity contribution < 1.29 is 0 Å². The number of hydrogen-bond donors (Lipinski definition) is 1. The summed E-state index contributed by atoms with van der Waals surface area (Å²) >= 11 is 0. The molecule has 0 aliphatic carbocycles. The van der Waals surface area contributed by atoms with Crippen LogP contribution < -0.4 is 10.6 Å². The summed E-state index contributed by atoms with van der Waals surface area (Å²) in [6.07, 6.45) is 1.10. The highest BCUT2D eigenvalue weighted by Crippen LogP contribution is 2.20. The van der Waals surface area contributed by atoms with Crippen molar-refractivity contribution in [1.82, 2.24) is 0 Å². The lowest BCUT2D eigenvalue weighted by Gasteiger charge is -2.22. The van der Waals surface area contributed by atoms with Gasteiger partial charge in [-0.3, -0.25) is 0 Å². The highest BCUT2D eigenvalue weighted by Gasteiger charge is 2.05. The fourth-order valence-electron chi connectivity index (χ4n) is 1.58. The van der Waals surface area contributed by atoms with Crippen LogP contribution in [0.15, 0.2) is 18.2 Å². The molecule has 0 amide bonds. The standard InChI is InChI=1S/C12H17N3/c1-3-7-15(4-2)11-5-6-12(14)10(8-11)9-13/h5-6,8H,3-4,7,14H2,1-2H3. The summed E-state index contributed by atoms with van der Waals surface area (Å²) in [6, 6.07) is 7.73. The van der Waals surface area contributed by atoms with E-state index in [9.17, 15) is 0 Å². The molecule has 0 aliphatic heterocycles. The summed E-state index contributed by atoms with van der Waals surface area (Å²) < 4.78 is 0. The monoisotopic (exact) mass is 203 g/mol. The van der Waals surface area contributed by atoms with Gasteiger partial charge >= 0.3 is 0 Å². The summed E-state index contributed by atoms with van der Waals surface area (Å²) in [5, 5.41) is 8.88. The van der Waals surface area contributed by atoms with E-state index in [-0.39, 0.29) is 0 Å². The zero-order valence-electron chi connectivity index (χ0n) is 9.33. The average Bonchev–Trinajstić information content (AvgIpc) is 2.27. The summed E-state index contributed by atoms with van der Waals surface area (Å²) in [6.45, 7) is 6.21. The fourth-order valence-corrected chi connectivity index (χ4v) is 1.58. The number of hydrogen-bond acceptors (Lipinski definition) is 3. The largest absolute Gasteiger partial charge is 0.398 e. The van der Waals surface area contributed by atoms with E-state index < -0.39 is 0 Å². The van der Waals surface area contributed by atoms with Crippen LogP contribution in [0.4, 0.5) is 11.4 Å². The molecule has 1 aromatic carbocycles. The van der Waals surface area contributed by atoms with E-state index in [1.807, 2.05) is 12.1 Å². The number of nitrogens with zero attached hydrogens (tertiary/aromatic N) is 2. The lowest BCUT2D eigenvalue weighted by Crippen LogP contribution is -2.23. The van der Waals surface area contributed by atoms with Crippen LogP contribution in [-0.4, -0.2) is 13.1 Å². The Balaban J connectivity index is 2.99. The molecule has 0 bridgehead atoms. The minimum atomic E-state index is 0.550. The normalized spacial score (nSPS) is 9.67. The second kappa shape index (κ2) is 5.26. The van der Waals surface area contributed by atoms with Crippen molar-refractivity contribution in [3.8, 4) is 6.07 Å². The molecule has 1 aromatic rings. The van der Waals surface area contributed by atoms with E-state index in [2.05, 4.69) is 24.8 Å². The topological polar surface area (TPSA) is 53.0 Å². The van der Waals surface area contributed by atoms with Gasteiger partial charge in [-0.1, -0.05) is 6.92 Å². The van der Waals surface area contributed by atoms with Crippen molar-refractivity contribution in [3.05, 3.63) is 23.8 Å². The Bertz CT molecular complexity index is 366. The third-order valence-electron chi connectivity index (χ3n) is 2.40. The molecular weight excluding hydrogens is 186 g/mol. The zero-order valence-corrected chi connectivity index (χ0v) is 9.33. The van der Waals surface area contributed by atoms with Gasteiger partial charge in [-0.2, -0.15) is 5.26 Å². The highest BCUT2D eigenvalue weighted by atomic mass is 15.1. The van der Waals surface area contributed by atoms with Crippen molar-refractivity contribution in [2.45, 2.75) is 20.3 Å². The van der Waals surface area contributed by atoms with Crippen LogP contribution in [-0.2, 0) is 0 Å². The first kappa shape index (κ1) is 11.4. The Hall–Kier alpha value is -1.69. The first-order chi connectivity index (χ1) is 7.22. The molecule has 2 N–H and O–H groups in total. The lowest BCUT2D eigenvalue weighted by molar-refractivity contribution is 0.792. The van der Waals surface area contributed by atoms with Crippen LogP contribution in [0.3, 0.4) is 0 Å². The maximum Gasteiger partial charge on any atom is 0.101 e. The molecule has 3 heteroatoms. The van der Waals surface area contributed by atoms with Gasteiger partial charge in [0.2, 0.25) is 0 Å². The second-order valence-corrected chi connectivity index (χ2v) is 3.46. The molecule has 0 unspecified atom stereocenters. The number of benzene rings is 1. The molecule has 1 rings (SSSR count). The maximum atomic E-state index is 8.88. The quantitative estimate of drug-likeness (QED) is 0.764. The molecule has 0 atom stereocenters. The molecule has 0 saturated heterocycles. The van der Waals surface area contributed by atoms with E-state index in [1.54, 1.807) is 6.07 Å². The molecule has 15 heavy (non-hydrogen) atoms. The van der Waals surface area contributed by atoms with Gasteiger partial charge in [0.25, 0.3) is 0 Å².